The number of piperidine rings is 1. The van der Waals surface area contributed by atoms with Crippen LogP contribution in [0.2, 0.25) is 0 Å². The molecule has 1 aliphatic heterocycles. The van der Waals surface area contributed by atoms with Gasteiger partial charge in [0.25, 0.3) is 0 Å². The average molecular weight is 328 g/mol. The van der Waals surface area contributed by atoms with Crippen LogP contribution in [-0.4, -0.2) is 44.6 Å². The fourth-order valence-corrected chi connectivity index (χ4v) is 5.30. The highest BCUT2D eigenvalue weighted by atomic mass is 32.2. The third-order valence-corrected chi connectivity index (χ3v) is 6.89. The van der Waals surface area contributed by atoms with Crippen molar-refractivity contribution in [3.8, 4) is 0 Å². The smallest absolute Gasteiger partial charge is 0.225 e. The number of carbonyl (C=O) groups is 1. The summed E-state index contributed by atoms with van der Waals surface area (Å²) in [6.45, 7) is 2.13. The maximum absolute atomic E-state index is 12.1. The quantitative estimate of drug-likeness (QED) is 0.808. The number of amides is 1. The molecule has 0 radical (unpaired) electrons. The van der Waals surface area contributed by atoms with Crippen LogP contribution in [0, 0.1) is 17.8 Å². The molecule has 3 fully saturated rings. The zero-order chi connectivity index (χ0) is 15.6. The van der Waals surface area contributed by atoms with Crippen LogP contribution in [-0.2, 0) is 14.8 Å². The van der Waals surface area contributed by atoms with Crippen molar-refractivity contribution in [1.29, 1.82) is 0 Å². The molecule has 1 N–H and O–H groups in total. The molecule has 0 spiro atoms. The van der Waals surface area contributed by atoms with Gasteiger partial charge >= 0.3 is 0 Å². The topological polar surface area (TPSA) is 66.5 Å². The van der Waals surface area contributed by atoms with E-state index in [4.69, 9.17) is 0 Å². The minimum atomic E-state index is -3.13. The molecule has 0 unspecified atom stereocenters. The Morgan fingerprint density at radius 1 is 0.955 bits per heavy atom. The van der Waals surface area contributed by atoms with Crippen molar-refractivity contribution in [2.45, 2.75) is 51.4 Å². The molecule has 1 heterocycles. The van der Waals surface area contributed by atoms with Crippen molar-refractivity contribution < 1.29 is 13.2 Å². The predicted octanol–water partition coefficient (Wildman–Crippen LogP) is 1.74. The molecule has 1 saturated heterocycles. The van der Waals surface area contributed by atoms with E-state index in [0.717, 1.165) is 51.6 Å². The van der Waals surface area contributed by atoms with Gasteiger partial charge in [0.2, 0.25) is 15.9 Å². The summed E-state index contributed by atoms with van der Waals surface area (Å²) in [4.78, 5) is 14.0. The molecule has 1 amide bonds. The molecule has 0 aromatic carbocycles. The lowest BCUT2D eigenvalue weighted by Crippen LogP contribution is -2.42. The van der Waals surface area contributed by atoms with Crippen LogP contribution in [0.25, 0.3) is 0 Å². The van der Waals surface area contributed by atoms with Crippen LogP contribution in [0.4, 0.5) is 0 Å². The van der Waals surface area contributed by atoms with E-state index in [1.54, 1.807) is 0 Å². The van der Waals surface area contributed by atoms with Crippen molar-refractivity contribution >= 4 is 15.9 Å². The third-order valence-electron chi connectivity index (χ3n) is 5.37. The zero-order valence-corrected chi connectivity index (χ0v) is 14.1. The number of nitrogens with one attached hydrogen (secondary N) is 1. The lowest BCUT2D eigenvalue weighted by atomic mass is 9.97. The first-order chi connectivity index (χ1) is 10.5. The number of likely N-dealkylation sites (tertiary alicyclic amines) is 1. The number of nitrogens with zero attached hydrogens (tertiary/aromatic N) is 1. The maximum atomic E-state index is 12.1. The second-order valence-corrected chi connectivity index (χ2v) is 9.17. The fourth-order valence-electron chi connectivity index (χ4n) is 3.74. The first kappa shape index (κ1) is 16.2. The number of hydrogen-bond acceptors (Lipinski definition) is 3. The molecule has 2 aliphatic carbocycles. The molecule has 5 nitrogen and oxygen atoms in total. The monoisotopic (exact) mass is 328 g/mol. The Kier molecular flexibility index (Phi) is 5.07. The van der Waals surface area contributed by atoms with Crippen molar-refractivity contribution in [3.05, 3.63) is 0 Å². The Bertz CT molecular complexity index is 488. The van der Waals surface area contributed by atoms with E-state index in [0.29, 0.717) is 36.0 Å². The van der Waals surface area contributed by atoms with E-state index in [-0.39, 0.29) is 0 Å². The summed E-state index contributed by atoms with van der Waals surface area (Å²) in [7, 11) is -3.13. The highest BCUT2D eigenvalue weighted by molar-refractivity contribution is 7.89. The lowest BCUT2D eigenvalue weighted by Gasteiger charge is -2.32. The highest BCUT2D eigenvalue weighted by Crippen LogP contribution is 2.32. The van der Waals surface area contributed by atoms with E-state index in [2.05, 4.69) is 4.72 Å². The Hall–Kier alpha value is -0.620. The Labute approximate surface area is 133 Å². The first-order valence-electron chi connectivity index (χ1n) is 8.79. The van der Waals surface area contributed by atoms with E-state index in [1.165, 1.54) is 12.8 Å². The van der Waals surface area contributed by atoms with E-state index < -0.39 is 10.0 Å². The number of carbonyl (C=O) groups excluding carboxylic acids is 1. The Balaban J connectivity index is 1.38. The van der Waals surface area contributed by atoms with Crippen molar-refractivity contribution in [1.82, 2.24) is 9.62 Å². The Morgan fingerprint density at radius 2 is 1.59 bits per heavy atom. The minimum absolute atomic E-state index is 0.293. The van der Waals surface area contributed by atoms with Crippen LogP contribution < -0.4 is 4.72 Å². The van der Waals surface area contributed by atoms with Gasteiger partial charge in [-0.1, -0.05) is 12.8 Å². The van der Waals surface area contributed by atoms with Crippen molar-refractivity contribution in [2.75, 3.05) is 25.4 Å². The summed E-state index contributed by atoms with van der Waals surface area (Å²) in [5, 5.41) is 0. The van der Waals surface area contributed by atoms with Crippen LogP contribution in [0.3, 0.4) is 0 Å². The van der Waals surface area contributed by atoms with Gasteiger partial charge in [0.05, 0.1) is 5.75 Å². The van der Waals surface area contributed by atoms with Gasteiger partial charge in [-0.3, -0.25) is 4.79 Å². The molecule has 0 aromatic rings. The summed E-state index contributed by atoms with van der Waals surface area (Å²) in [6, 6.07) is 0. The molecule has 6 heteroatoms. The minimum Gasteiger partial charge on any atom is -0.342 e. The van der Waals surface area contributed by atoms with Gasteiger partial charge in [-0.05, 0) is 50.4 Å². The summed E-state index contributed by atoms with van der Waals surface area (Å²) < 4.78 is 27.1. The number of hydrogen-bond donors (Lipinski definition) is 1. The first-order valence-corrected chi connectivity index (χ1v) is 10.4. The summed E-state index contributed by atoms with van der Waals surface area (Å²) in [6.07, 6.45) is 8.42. The van der Waals surface area contributed by atoms with Crippen LogP contribution in [0.5, 0.6) is 0 Å². The van der Waals surface area contributed by atoms with E-state index >= 15 is 0 Å². The molecule has 0 aromatic heterocycles. The second kappa shape index (κ2) is 6.87. The molecule has 126 valence electrons. The summed E-state index contributed by atoms with van der Waals surface area (Å²) in [5.41, 5.74) is 0. The predicted molar refractivity (Wildman–Crippen MR) is 85.8 cm³/mol. The van der Waals surface area contributed by atoms with Gasteiger partial charge in [0, 0.05) is 25.6 Å². The zero-order valence-electron chi connectivity index (χ0n) is 13.3. The third kappa shape index (κ3) is 4.44. The summed E-state index contributed by atoms with van der Waals surface area (Å²) in [5.74, 6) is 1.64. The SMILES string of the molecule is O=C(C1CC1)N1CCC(CNS(=O)(=O)CC2CCCC2)CC1. The maximum Gasteiger partial charge on any atom is 0.225 e. The Morgan fingerprint density at radius 3 is 2.18 bits per heavy atom. The van der Waals surface area contributed by atoms with E-state index in [1.807, 2.05) is 4.90 Å². The lowest BCUT2D eigenvalue weighted by molar-refractivity contribution is -0.133. The number of rotatable bonds is 6. The molecule has 0 atom stereocenters. The molecule has 22 heavy (non-hydrogen) atoms. The van der Waals surface area contributed by atoms with Crippen LogP contribution >= 0.6 is 0 Å². The number of sulfonamides is 1. The van der Waals surface area contributed by atoms with Crippen LogP contribution in [0.15, 0.2) is 0 Å². The standard InChI is InChI=1S/C16H28N2O3S/c19-16(15-5-6-15)18-9-7-13(8-10-18)11-17-22(20,21)12-14-3-1-2-4-14/h13-15,17H,1-12H2. The van der Waals surface area contributed by atoms with Gasteiger partial charge < -0.3 is 4.90 Å². The molecule has 3 rings (SSSR count). The van der Waals surface area contributed by atoms with Gasteiger partial charge in [-0.15, -0.1) is 0 Å². The fraction of sp³-hybridized carbons (Fsp3) is 0.938. The van der Waals surface area contributed by atoms with Crippen molar-refractivity contribution in [2.24, 2.45) is 17.8 Å². The molecule has 3 aliphatic rings. The van der Waals surface area contributed by atoms with Crippen LogP contribution in [0.1, 0.15) is 51.4 Å². The molecular formula is C16H28N2O3S. The van der Waals surface area contributed by atoms with Gasteiger partial charge in [-0.2, -0.15) is 0 Å². The van der Waals surface area contributed by atoms with Crippen molar-refractivity contribution in [3.63, 3.8) is 0 Å². The normalized spacial score (nSPS) is 24.8. The summed E-state index contributed by atoms with van der Waals surface area (Å²) >= 11 is 0. The molecule has 2 saturated carbocycles. The van der Waals surface area contributed by atoms with Gasteiger partial charge in [0.1, 0.15) is 0 Å². The van der Waals surface area contributed by atoms with Gasteiger partial charge in [-0.25, -0.2) is 13.1 Å². The highest BCUT2D eigenvalue weighted by Gasteiger charge is 2.35. The van der Waals surface area contributed by atoms with E-state index in [9.17, 15) is 13.2 Å². The average Bonchev–Trinajstić information content (AvgIpc) is 3.24. The molecular weight excluding hydrogens is 300 g/mol. The van der Waals surface area contributed by atoms with Gasteiger partial charge in [0.15, 0.2) is 0 Å². The molecule has 0 bridgehead atoms. The largest absolute Gasteiger partial charge is 0.342 e. The second-order valence-electron chi connectivity index (χ2n) is 7.32.